The number of carbonyl (C=O) groups is 3. The molecule has 0 N–H and O–H groups in total. The number of ketones is 1. The molecule has 0 bridgehead atoms. The minimum Gasteiger partial charge on any atom is -0.465 e. The summed E-state index contributed by atoms with van der Waals surface area (Å²) < 4.78 is 10.7. The molecule has 2 rings (SSSR count). The molecule has 0 fully saturated rings. The van der Waals surface area contributed by atoms with Gasteiger partial charge in [0.1, 0.15) is 5.60 Å². The summed E-state index contributed by atoms with van der Waals surface area (Å²) in [6.45, 7) is 6.96. The van der Waals surface area contributed by atoms with Crippen LogP contribution in [0.1, 0.15) is 56.0 Å². The van der Waals surface area contributed by atoms with Gasteiger partial charge in [-0.1, -0.05) is 41.9 Å². The Balaban J connectivity index is 2.45. The molecule has 2 aromatic rings. The molecule has 6 heteroatoms. The zero-order chi connectivity index (χ0) is 22.3. The highest BCUT2D eigenvalue weighted by Crippen LogP contribution is 2.33. The van der Waals surface area contributed by atoms with E-state index in [1.807, 2.05) is 6.07 Å². The van der Waals surface area contributed by atoms with Crippen molar-refractivity contribution in [2.24, 2.45) is 5.92 Å². The van der Waals surface area contributed by atoms with Crippen LogP contribution in [0.25, 0.3) is 0 Å². The van der Waals surface area contributed by atoms with Gasteiger partial charge in [-0.3, -0.25) is 14.4 Å². The maximum absolute atomic E-state index is 13.0. The zero-order valence-electron chi connectivity index (χ0n) is 17.7. The standard InChI is InChI=1S/C24H27ClO5/c1-5-29-22(27)21(23(28)30-24(2,3)4)19(16-9-7-6-8-10-16)15-20(26)17-11-13-18(25)14-12-17/h6-14,19,21H,5,15H2,1-4H3. The third-order valence-corrected chi connectivity index (χ3v) is 4.65. The largest absolute Gasteiger partial charge is 0.465 e. The third kappa shape index (κ3) is 6.70. The van der Waals surface area contributed by atoms with E-state index in [1.54, 1.807) is 76.2 Å². The highest BCUT2D eigenvalue weighted by molar-refractivity contribution is 6.30. The predicted octanol–water partition coefficient (Wildman–Crippen LogP) is 5.22. The van der Waals surface area contributed by atoms with Crippen molar-refractivity contribution < 1.29 is 23.9 Å². The number of carbonyl (C=O) groups excluding carboxylic acids is 3. The number of ether oxygens (including phenoxy) is 2. The molecule has 0 heterocycles. The maximum atomic E-state index is 13.0. The minimum absolute atomic E-state index is 0.0611. The molecule has 0 aliphatic carbocycles. The van der Waals surface area contributed by atoms with E-state index in [0.717, 1.165) is 0 Å². The van der Waals surface area contributed by atoms with Gasteiger partial charge >= 0.3 is 11.9 Å². The van der Waals surface area contributed by atoms with E-state index >= 15 is 0 Å². The van der Waals surface area contributed by atoms with E-state index in [9.17, 15) is 14.4 Å². The first-order valence-electron chi connectivity index (χ1n) is 9.85. The lowest BCUT2D eigenvalue weighted by molar-refractivity contribution is -0.170. The number of Topliss-reactive ketones (excluding diaryl/α,β-unsaturated/α-hetero) is 1. The van der Waals surface area contributed by atoms with E-state index in [0.29, 0.717) is 16.1 Å². The summed E-state index contributed by atoms with van der Waals surface area (Å²) in [6, 6.07) is 15.5. The molecular formula is C24H27ClO5. The molecule has 0 saturated carbocycles. The van der Waals surface area contributed by atoms with Crippen LogP contribution in [0.4, 0.5) is 0 Å². The molecule has 160 valence electrons. The van der Waals surface area contributed by atoms with Gasteiger partial charge in [-0.25, -0.2) is 0 Å². The van der Waals surface area contributed by atoms with Gasteiger partial charge in [0.05, 0.1) is 6.61 Å². The van der Waals surface area contributed by atoms with Crippen LogP contribution in [-0.4, -0.2) is 29.9 Å². The van der Waals surface area contributed by atoms with E-state index in [-0.39, 0.29) is 18.8 Å². The van der Waals surface area contributed by atoms with E-state index < -0.39 is 29.4 Å². The number of halogens is 1. The summed E-state index contributed by atoms with van der Waals surface area (Å²) in [5, 5.41) is 0.518. The number of esters is 2. The lowest BCUT2D eigenvalue weighted by Crippen LogP contribution is -2.38. The second kappa shape index (κ2) is 10.4. The van der Waals surface area contributed by atoms with Crippen LogP contribution in [0.15, 0.2) is 54.6 Å². The minimum atomic E-state index is -1.26. The smallest absolute Gasteiger partial charge is 0.321 e. The topological polar surface area (TPSA) is 69.7 Å². The van der Waals surface area contributed by atoms with Crippen molar-refractivity contribution in [3.8, 4) is 0 Å². The molecule has 0 aliphatic rings. The highest BCUT2D eigenvalue weighted by Gasteiger charge is 2.41. The molecule has 30 heavy (non-hydrogen) atoms. The van der Waals surface area contributed by atoms with Crippen molar-refractivity contribution in [1.82, 2.24) is 0 Å². The van der Waals surface area contributed by atoms with Gasteiger partial charge in [0.15, 0.2) is 11.7 Å². The van der Waals surface area contributed by atoms with Gasteiger partial charge in [-0.2, -0.15) is 0 Å². The number of benzene rings is 2. The Morgan fingerprint density at radius 3 is 2.07 bits per heavy atom. The van der Waals surface area contributed by atoms with Crippen LogP contribution < -0.4 is 0 Å². The fourth-order valence-corrected chi connectivity index (χ4v) is 3.23. The SMILES string of the molecule is CCOC(=O)C(C(=O)OC(C)(C)C)C(CC(=O)c1ccc(Cl)cc1)c1ccccc1. The van der Waals surface area contributed by atoms with Crippen LogP contribution in [0.3, 0.4) is 0 Å². The first-order valence-corrected chi connectivity index (χ1v) is 10.2. The molecule has 0 amide bonds. The molecule has 0 spiro atoms. The van der Waals surface area contributed by atoms with Crippen molar-refractivity contribution in [3.05, 3.63) is 70.7 Å². The average Bonchev–Trinajstić information content (AvgIpc) is 2.67. The van der Waals surface area contributed by atoms with E-state index in [1.165, 1.54) is 0 Å². The summed E-state index contributed by atoms with van der Waals surface area (Å²) in [4.78, 5) is 38.8. The first-order chi connectivity index (χ1) is 14.1. The monoisotopic (exact) mass is 430 g/mol. The molecule has 0 aromatic heterocycles. The predicted molar refractivity (Wildman–Crippen MR) is 116 cm³/mol. The van der Waals surface area contributed by atoms with Crippen LogP contribution >= 0.6 is 11.6 Å². The van der Waals surface area contributed by atoms with Gasteiger partial charge in [0, 0.05) is 22.9 Å². The van der Waals surface area contributed by atoms with Gasteiger partial charge in [-0.05, 0) is 57.5 Å². The number of rotatable bonds is 8. The number of hydrogen-bond donors (Lipinski definition) is 0. The molecule has 0 radical (unpaired) electrons. The normalized spacial score (nSPS) is 13.2. The fourth-order valence-electron chi connectivity index (χ4n) is 3.10. The maximum Gasteiger partial charge on any atom is 0.321 e. The van der Waals surface area contributed by atoms with Crippen molar-refractivity contribution in [3.63, 3.8) is 0 Å². The van der Waals surface area contributed by atoms with Gasteiger partial charge < -0.3 is 9.47 Å². The average molecular weight is 431 g/mol. The Kier molecular flexibility index (Phi) is 8.18. The first kappa shape index (κ1) is 23.6. The Labute approximate surface area is 182 Å². The highest BCUT2D eigenvalue weighted by atomic mass is 35.5. The van der Waals surface area contributed by atoms with Crippen LogP contribution in [0, 0.1) is 5.92 Å². The Hall–Kier alpha value is -2.66. The van der Waals surface area contributed by atoms with Crippen molar-refractivity contribution >= 4 is 29.3 Å². The second-order valence-electron chi connectivity index (χ2n) is 7.91. The Morgan fingerprint density at radius 1 is 0.933 bits per heavy atom. The molecular weight excluding hydrogens is 404 g/mol. The van der Waals surface area contributed by atoms with E-state index in [2.05, 4.69) is 0 Å². The molecule has 0 saturated heterocycles. The molecule has 0 aliphatic heterocycles. The molecule has 5 nitrogen and oxygen atoms in total. The third-order valence-electron chi connectivity index (χ3n) is 4.40. The summed E-state index contributed by atoms with van der Waals surface area (Å²) >= 11 is 5.91. The van der Waals surface area contributed by atoms with Crippen LogP contribution in [-0.2, 0) is 19.1 Å². The molecule has 2 atom stereocenters. The van der Waals surface area contributed by atoms with Crippen LogP contribution in [0.5, 0.6) is 0 Å². The molecule has 2 aromatic carbocycles. The van der Waals surface area contributed by atoms with Gasteiger partial charge in [0.25, 0.3) is 0 Å². The quantitative estimate of drug-likeness (QED) is 0.326. The lowest BCUT2D eigenvalue weighted by Gasteiger charge is -2.28. The van der Waals surface area contributed by atoms with Crippen molar-refractivity contribution in [2.75, 3.05) is 6.61 Å². The summed E-state index contributed by atoms with van der Waals surface area (Å²) in [7, 11) is 0. The van der Waals surface area contributed by atoms with Crippen molar-refractivity contribution in [2.45, 2.75) is 45.6 Å². The van der Waals surface area contributed by atoms with Crippen LogP contribution in [0.2, 0.25) is 5.02 Å². The summed E-state index contributed by atoms with van der Waals surface area (Å²) in [5.74, 6) is -3.62. The summed E-state index contributed by atoms with van der Waals surface area (Å²) in [5.41, 5.74) is 0.347. The Morgan fingerprint density at radius 2 is 1.53 bits per heavy atom. The second-order valence-corrected chi connectivity index (χ2v) is 8.35. The fraction of sp³-hybridized carbons (Fsp3) is 0.375. The lowest BCUT2D eigenvalue weighted by atomic mass is 9.81. The summed E-state index contributed by atoms with van der Waals surface area (Å²) in [6.07, 6.45) is -0.0611. The molecule has 2 unspecified atom stereocenters. The van der Waals surface area contributed by atoms with E-state index in [4.69, 9.17) is 21.1 Å². The Bertz CT molecular complexity index is 869. The van der Waals surface area contributed by atoms with Gasteiger partial charge in [-0.15, -0.1) is 0 Å². The van der Waals surface area contributed by atoms with Gasteiger partial charge in [0.2, 0.25) is 0 Å². The number of hydrogen-bond acceptors (Lipinski definition) is 5. The zero-order valence-corrected chi connectivity index (χ0v) is 18.4. The van der Waals surface area contributed by atoms with Crippen molar-refractivity contribution in [1.29, 1.82) is 0 Å².